The number of benzene rings is 2. The van der Waals surface area contributed by atoms with Crippen LogP contribution in [0.15, 0.2) is 48.5 Å². The zero-order chi connectivity index (χ0) is 18.7. The van der Waals surface area contributed by atoms with Gasteiger partial charge in [0.15, 0.2) is 0 Å². The molecule has 0 amide bonds. The van der Waals surface area contributed by atoms with Crippen LogP contribution in [-0.4, -0.2) is 43.2 Å². The Morgan fingerprint density at radius 2 is 1.73 bits per heavy atom. The third kappa shape index (κ3) is 3.88. The van der Waals surface area contributed by atoms with Gasteiger partial charge in [0.25, 0.3) is 0 Å². The fourth-order valence-corrected chi connectivity index (χ4v) is 3.64. The lowest BCUT2D eigenvalue weighted by molar-refractivity contribution is -0.143. The largest absolute Gasteiger partial charge is 0.481 e. The highest BCUT2D eigenvalue weighted by atomic mass is 19.1. The summed E-state index contributed by atoms with van der Waals surface area (Å²) in [6.45, 7) is 1.29. The third-order valence-electron chi connectivity index (χ3n) is 5.17. The highest BCUT2D eigenvalue weighted by molar-refractivity contribution is 5.70. The number of hydrogen-bond donors (Lipinski definition) is 1. The molecule has 5 heteroatoms. The van der Waals surface area contributed by atoms with Crippen LogP contribution in [0.3, 0.4) is 0 Å². The molecule has 138 valence electrons. The standard InChI is InChI=1S/C21H25FN2O2/c1-23(2)17-9-7-15(8-10-17)20(18-5-3-4-6-19(18)22)24-13-11-16(12-14-24)21(25)26/h3-10,16,20H,11-14H2,1-2H3,(H,25,26). The number of halogens is 1. The first-order valence-corrected chi connectivity index (χ1v) is 8.96. The molecule has 0 spiro atoms. The second kappa shape index (κ2) is 7.87. The van der Waals surface area contributed by atoms with Gasteiger partial charge in [-0.15, -0.1) is 0 Å². The fraction of sp³-hybridized carbons (Fsp3) is 0.381. The maximum absolute atomic E-state index is 14.6. The highest BCUT2D eigenvalue weighted by Gasteiger charge is 2.31. The van der Waals surface area contributed by atoms with Crippen molar-refractivity contribution in [2.45, 2.75) is 18.9 Å². The lowest BCUT2D eigenvalue weighted by Crippen LogP contribution is -2.39. The van der Waals surface area contributed by atoms with Crippen LogP contribution >= 0.6 is 0 Å². The Labute approximate surface area is 153 Å². The molecule has 1 heterocycles. The Bertz CT molecular complexity index is 753. The second-order valence-electron chi connectivity index (χ2n) is 7.06. The van der Waals surface area contributed by atoms with Crippen molar-refractivity contribution in [1.29, 1.82) is 0 Å². The van der Waals surface area contributed by atoms with E-state index in [-0.39, 0.29) is 17.8 Å². The van der Waals surface area contributed by atoms with Crippen LogP contribution in [0.4, 0.5) is 10.1 Å². The average Bonchev–Trinajstić information content (AvgIpc) is 2.64. The molecule has 26 heavy (non-hydrogen) atoms. The maximum atomic E-state index is 14.6. The summed E-state index contributed by atoms with van der Waals surface area (Å²) >= 11 is 0. The second-order valence-corrected chi connectivity index (χ2v) is 7.06. The maximum Gasteiger partial charge on any atom is 0.306 e. The quantitative estimate of drug-likeness (QED) is 0.885. The van der Waals surface area contributed by atoms with E-state index in [2.05, 4.69) is 4.90 Å². The average molecular weight is 356 g/mol. The molecule has 1 saturated heterocycles. The molecule has 1 aliphatic rings. The molecule has 0 aliphatic carbocycles. The first-order valence-electron chi connectivity index (χ1n) is 8.96. The van der Waals surface area contributed by atoms with E-state index < -0.39 is 5.97 Å². The predicted octanol–water partition coefficient (Wildman–Crippen LogP) is 3.78. The third-order valence-corrected chi connectivity index (χ3v) is 5.17. The van der Waals surface area contributed by atoms with E-state index in [0.717, 1.165) is 11.3 Å². The van der Waals surface area contributed by atoms with Crippen LogP contribution in [-0.2, 0) is 4.79 Å². The van der Waals surface area contributed by atoms with Crippen LogP contribution in [0.5, 0.6) is 0 Å². The minimum atomic E-state index is -0.734. The summed E-state index contributed by atoms with van der Waals surface area (Å²) in [5, 5.41) is 9.24. The smallest absolute Gasteiger partial charge is 0.306 e. The zero-order valence-electron chi connectivity index (χ0n) is 15.2. The molecule has 0 saturated carbocycles. The van der Waals surface area contributed by atoms with Gasteiger partial charge in [0.2, 0.25) is 0 Å². The van der Waals surface area contributed by atoms with Crippen molar-refractivity contribution >= 4 is 11.7 Å². The minimum Gasteiger partial charge on any atom is -0.481 e. The molecule has 1 aliphatic heterocycles. The van der Waals surface area contributed by atoms with Crippen LogP contribution in [0, 0.1) is 11.7 Å². The molecule has 1 fully saturated rings. The number of rotatable bonds is 5. The number of carboxylic acids is 1. The lowest BCUT2D eigenvalue weighted by atomic mass is 9.91. The number of nitrogens with zero attached hydrogens (tertiary/aromatic N) is 2. The summed E-state index contributed by atoms with van der Waals surface area (Å²) in [6.07, 6.45) is 1.19. The number of likely N-dealkylation sites (tertiary alicyclic amines) is 1. The fourth-order valence-electron chi connectivity index (χ4n) is 3.64. The minimum absolute atomic E-state index is 0.206. The van der Waals surface area contributed by atoms with Gasteiger partial charge in [0.05, 0.1) is 12.0 Å². The van der Waals surface area contributed by atoms with Gasteiger partial charge in [0.1, 0.15) is 5.82 Å². The Morgan fingerprint density at radius 1 is 1.12 bits per heavy atom. The Hall–Kier alpha value is -2.40. The van der Waals surface area contributed by atoms with Gasteiger partial charge in [-0.1, -0.05) is 30.3 Å². The van der Waals surface area contributed by atoms with Gasteiger partial charge in [-0.3, -0.25) is 9.69 Å². The number of carboxylic acid groups (broad SMARTS) is 1. The van der Waals surface area contributed by atoms with E-state index in [9.17, 15) is 14.3 Å². The van der Waals surface area contributed by atoms with Gasteiger partial charge in [-0.05, 0) is 49.7 Å². The molecule has 1 N–H and O–H groups in total. The van der Waals surface area contributed by atoms with Gasteiger partial charge >= 0.3 is 5.97 Å². The molecule has 1 atom stereocenters. The SMILES string of the molecule is CN(C)c1ccc(C(c2ccccc2F)N2CCC(C(=O)O)CC2)cc1. The van der Waals surface area contributed by atoms with Crippen molar-refractivity contribution in [2.75, 3.05) is 32.1 Å². The Morgan fingerprint density at radius 3 is 2.27 bits per heavy atom. The Kier molecular flexibility index (Phi) is 5.57. The summed E-state index contributed by atoms with van der Waals surface area (Å²) in [5.74, 6) is -1.26. The van der Waals surface area contributed by atoms with Crippen molar-refractivity contribution in [2.24, 2.45) is 5.92 Å². The van der Waals surface area contributed by atoms with Crippen molar-refractivity contribution < 1.29 is 14.3 Å². The van der Waals surface area contributed by atoms with E-state index in [4.69, 9.17) is 0 Å². The molecule has 3 rings (SSSR count). The first-order chi connectivity index (χ1) is 12.5. The summed E-state index contributed by atoms with van der Waals surface area (Å²) < 4.78 is 14.6. The normalized spacial score (nSPS) is 17.0. The molecule has 0 radical (unpaired) electrons. The first kappa shape index (κ1) is 18.4. The molecule has 1 unspecified atom stereocenters. The summed E-state index contributed by atoms with van der Waals surface area (Å²) in [5.41, 5.74) is 2.75. The monoisotopic (exact) mass is 356 g/mol. The van der Waals surface area contributed by atoms with E-state index >= 15 is 0 Å². The number of aliphatic carboxylic acids is 1. The molecular formula is C21H25FN2O2. The van der Waals surface area contributed by atoms with Crippen LogP contribution in [0.25, 0.3) is 0 Å². The van der Waals surface area contributed by atoms with Gasteiger partial charge < -0.3 is 10.0 Å². The predicted molar refractivity (Wildman–Crippen MR) is 101 cm³/mol. The molecule has 2 aromatic carbocycles. The van der Waals surface area contributed by atoms with E-state index in [1.165, 1.54) is 6.07 Å². The van der Waals surface area contributed by atoms with Crippen molar-refractivity contribution in [1.82, 2.24) is 4.90 Å². The van der Waals surface area contributed by atoms with Gasteiger partial charge in [-0.25, -0.2) is 4.39 Å². The molecule has 0 bridgehead atoms. The number of hydrogen-bond acceptors (Lipinski definition) is 3. The Balaban J connectivity index is 1.93. The number of piperidine rings is 1. The molecule has 2 aromatic rings. The topological polar surface area (TPSA) is 43.8 Å². The molecule has 4 nitrogen and oxygen atoms in total. The van der Waals surface area contributed by atoms with Gasteiger partial charge in [-0.2, -0.15) is 0 Å². The van der Waals surface area contributed by atoms with E-state index in [1.807, 2.05) is 55.4 Å². The van der Waals surface area contributed by atoms with Crippen LogP contribution < -0.4 is 4.90 Å². The number of anilines is 1. The number of carbonyl (C=O) groups is 1. The lowest BCUT2D eigenvalue weighted by Gasteiger charge is -2.37. The summed E-state index contributed by atoms with van der Waals surface area (Å²) in [7, 11) is 3.97. The van der Waals surface area contributed by atoms with Crippen LogP contribution in [0.1, 0.15) is 30.0 Å². The van der Waals surface area contributed by atoms with Crippen molar-refractivity contribution in [3.05, 3.63) is 65.5 Å². The van der Waals surface area contributed by atoms with Gasteiger partial charge in [0, 0.05) is 25.3 Å². The van der Waals surface area contributed by atoms with E-state index in [0.29, 0.717) is 31.5 Å². The molecular weight excluding hydrogens is 331 g/mol. The van der Waals surface area contributed by atoms with Crippen molar-refractivity contribution in [3.63, 3.8) is 0 Å². The van der Waals surface area contributed by atoms with Crippen LogP contribution in [0.2, 0.25) is 0 Å². The zero-order valence-corrected chi connectivity index (χ0v) is 15.2. The van der Waals surface area contributed by atoms with Crippen molar-refractivity contribution in [3.8, 4) is 0 Å². The molecule has 0 aromatic heterocycles. The summed E-state index contributed by atoms with van der Waals surface area (Å²) in [6, 6.07) is 14.8. The highest BCUT2D eigenvalue weighted by Crippen LogP contribution is 2.34. The summed E-state index contributed by atoms with van der Waals surface area (Å²) in [4.78, 5) is 15.5. The van der Waals surface area contributed by atoms with E-state index in [1.54, 1.807) is 6.07 Å².